The van der Waals surface area contributed by atoms with Gasteiger partial charge in [-0.25, -0.2) is 4.98 Å². The van der Waals surface area contributed by atoms with E-state index in [1.54, 1.807) is 6.20 Å². The second-order valence-electron chi connectivity index (χ2n) is 3.89. The van der Waals surface area contributed by atoms with Crippen molar-refractivity contribution in [3.63, 3.8) is 0 Å². The third-order valence-corrected chi connectivity index (χ3v) is 2.62. The molecule has 1 aliphatic carbocycles. The lowest BCUT2D eigenvalue weighted by molar-refractivity contribution is 0.114. The number of aromatic nitrogens is 1. The van der Waals surface area contributed by atoms with Gasteiger partial charge < -0.3 is 10.5 Å². The minimum atomic E-state index is 0.0433. The second kappa shape index (κ2) is 3.96. The summed E-state index contributed by atoms with van der Waals surface area (Å²) in [5.74, 6) is 0.713. The van der Waals surface area contributed by atoms with Crippen LogP contribution in [0.1, 0.15) is 37.8 Å². The van der Waals surface area contributed by atoms with Gasteiger partial charge >= 0.3 is 0 Å². The number of hydrogen-bond donors (Lipinski definition) is 1. The third kappa shape index (κ3) is 2.04. The number of nitrogens with zero attached hydrogens (tertiary/aromatic N) is 1. The van der Waals surface area contributed by atoms with Crippen LogP contribution in [0.2, 0.25) is 0 Å². The monoisotopic (exact) mass is 192 g/mol. The summed E-state index contributed by atoms with van der Waals surface area (Å²) >= 11 is 0. The van der Waals surface area contributed by atoms with Crippen molar-refractivity contribution in [3.8, 4) is 5.88 Å². The molecule has 1 saturated carbocycles. The highest BCUT2D eigenvalue weighted by Crippen LogP contribution is 2.24. The van der Waals surface area contributed by atoms with E-state index >= 15 is 0 Å². The minimum Gasteiger partial charge on any atom is -0.474 e. The summed E-state index contributed by atoms with van der Waals surface area (Å²) in [6, 6.07) is 3.91. The zero-order chi connectivity index (χ0) is 9.97. The van der Waals surface area contributed by atoms with Gasteiger partial charge in [-0.1, -0.05) is 0 Å². The number of hydrogen-bond acceptors (Lipinski definition) is 3. The van der Waals surface area contributed by atoms with Gasteiger partial charge in [0.05, 0.1) is 0 Å². The molecule has 76 valence electrons. The van der Waals surface area contributed by atoms with Crippen molar-refractivity contribution in [2.24, 2.45) is 5.73 Å². The molecule has 1 atom stereocenters. The first-order valence-corrected chi connectivity index (χ1v) is 5.14. The first-order chi connectivity index (χ1) is 6.75. The predicted octanol–water partition coefficient (Wildman–Crippen LogP) is 2.03. The molecule has 2 N–H and O–H groups in total. The fraction of sp³-hybridized carbons (Fsp3) is 0.545. The van der Waals surface area contributed by atoms with E-state index in [9.17, 15) is 0 Å². The van der Waals surface area contributed by atoms with Crippen LogP contribution in [0, 0.1) is 0 Å². The molecule has 1 fully saturated rings. The molecular weight excluding hydrogens is 176 g/mol. The van der Waals surface area contributed by atoms with Crippen molar-refractivity contribution in [2.45, 2.75) is 38.3 Å². The van der Waals surface area contributed by atoms with Crippen LogP contribution in [0.4, 0.5) is 0 Å². The van der Waals surface area contributed by atoms with Crippen LogP contribution in [0.25, 0.3) is 0 Å². The molecule has 0 spiro atoms. The van der Waals surface area contributed by atoms with Crippen molar-refractivity contribution in [1.82, 2.24) is 4.98 Å². The average Bonchev–Trinajstić information content (AvgIpc) is 2.12. The molecule has 3 heteroatoms. The summed E-state index contributed by atoms with van der Waals surface area (Å²) < 4.78 is 5.67. The van der Waals surface area contributed by atoms with Crippen molar-refractivity contribution in [3.05, 3.63) is 23.9 Å². The summed E-state index contributed by atoms with van der Waals surface area (Å²) in [4.78, 5) is 4.17. The molecule has 2 rings (SSSR count). The van der Waals surface area contributed by atoms with Gasteiger partial charge in [0.25, 0.3) is 0 Å². The van der Waals surface area contributed by atoms with Crippen molar-refractivity contribution in [2.75, 3.05) is 0 Å². The average molecular weight is 192 g/mol. The molecule has 1 aromatic heterocycles. The summed E-state index contributed by atoms with van der Waals surface area (Å²) in [6.45, 7) is 1.96. The Morgan fingerprint density at radius 2 is 2.36 bits per heavy atom. The molecule has 0 radical (unpaired) electrons. The highest BCUT2D eigenvalue weighted by Gasteiger charge is 2.19. The van der Waals surface area contributed by atoms with Crippen molar-refractivity contribution >= 4 is 0 Å². The Hall–Kier alpha value is -1.09. The maximum Gasteiger partial charge on any atom is 0.213 e. The maximum absolute atomic E-state index is 5.78. The van der Waals surface area contributed by atoms with E-state index in [4.69, 9.17) is 10.5 Å². The van der Waals surface area contributed by atoms with E-state index in [1.807, 2.05) is 19.1 Å². The van der Waals surface area contributed by atoms with E-state index in [0.717, 1.165) is 18.4 Å². The molecule has 3 nitrogen and oxygen atoms in total. The summed E-state index contributed by atoms with van der Waals surface area (Å²) in [5.41, 5.74) is 6.85. The van der Waals surface area contributed by atoms with Crippen LogP contribution in [-0.2, 0) is 0 Å². The van der Waals surface area contributed by atoms with Gasteiger partial charge in [-0.15, -0.1) is 0 Å². The normalized spacial score (nSPS) is 18.7. The largest absolute Gasteiger partial charge is 0.474 e. The quantitative estimate of drug-likeness (QED) is 0.797. The summed E-state index contributed by atoms with van der Waals surface area (Å²) in [6.07, 6.45) is 5.73. The lowest BCUT2D eigenvalue weighted by Gasteiger charge is -2.25. The number of pyridine rings is 1. The molecule has 1 heterocycles. The van der Waals surface area contributed by atoms with Gasteiger partial charge in [0.1, 0.15) is 6.10 Å². The molecule has 1 aliphatic rings. The van der Waals surface area contributed by atoms with Gasteiger partial charge in [0, 0.05) is 18.3 Å². The zero-order valence-electron chi connectivity index (χ0n) is 8.44. The third-order valence-electron chi connectivity index (χ3n) is 2.62. The van der Waals surface area contributed by atoms with Crippen LogP contribution < -0.4 is 10.5 Å². The second-order valence-corrected chi connectivity index (χ2v) is 3.89. The van der Waals surface area contributed by atoms with Crippen LogP contribution in [-0.4, -0.2) is 11.1 Å². The Bertz CT molecular complexity index is 308. The topological polar surface area (TPSA) is 48.1 Å². The van der Waals surface area contributed by atoms with Gasteiger partial charge in [0.15, 0.2) is 0 Å². The summed E-state index contributed by atoms with van der Waals surface area (Å²) in [5, 5.41) is 0. The zero-order valence-corrected chi connectivity index (χ0v) is 8.44. The van der Waals surface area contributed by atoms with Gasteiger partial charge in [-0.2, -0.15) is 0 Å². The lowest BCUT2D eigenvalue weighted by atomic mass is 9.96. The molecule has 0 saturated heterocycles. The van der Waals surface area contributed by atoms with E-state index in [2.05, 4.69) is 4.98 Å². The molecule has 14 heavy (non-hydrogen) atoms. The highest BCUT2D eigenvalue weighted by atomic mass is 16.5. The van der Waals surface area contributed by atoms with Gasteiger partial charge in [0.2, 0.25) is 5.88 Å². The molecule has 0 aromatic carbocycles. The highest BCUT2D eigenvalue weighted by molar-refractivity contribution is 5.23. The fourth-order valence-electron chi connectivity index (χ4n) is 1.43. The van der Waals surface area contributed by atoms with Crippen LogP contribution in [0.3, 0.4) is 0 Å². The number of ether oxygens (including phenoxy) is 1. The Kier molecular flexibility index (Phi) is 2.68. The Morgan fingerprint density at radius 3 is 2.93 bits per heavy atom. The maximum atomic E-state index is 5.78. The van der Waals surface area contributed by atoms with Crippen molar-refractivity contribution in [1.29, 1.82) is 0 Å². The molecule has 0 aliphatic heterocycles. The number of rotatable bonds is 3. The first kappa shape index (κ1) is 9.46. The van der Waals surface area contributed by atoms with Gasteiger partial charge in [-0.3, -0.25) is 0 Å². The lowest BCUT2D eigenvalue weighted by Crippen LogP contribution is -2.25. The summed E-state index contributed by atoms with van der Waals surface area (Å²) in [7, 11) is 0. The van der Waals surface area contributed by atoms with E-state index in [1.165, 1.54) is 6.42 Å². The molecular formula is C11H16N2O. The first-order valence-electron chi connectivity index (χ1n) is 5.14. The Balaban J connectivity index is 2.05. The minimum absolute atomic E-state index is 0.0433. The number of nitrogens with two attached hydrogens (primary N) is 1. The Morgan fingerprint density at radius 1 is 1.57 bits per heavy atom. The van der Waals surface area contributed by atoms with Crippen LogP contribution in [0.15, 0.2) is 18.3 Å². The smallest absolute Gasteiger partial charge is 0.213 e. The van der Waals surface area contributed by atoms with Crippen LogP contribution in [0.5, 0.6) is 5.88 Å². The van der Waals surface area contributed by atoms with E-state index in [0.29, 0.717) is 12.0 Å². The van der Waals surface area contributed by atoms with E-state index in [-0.39, 0.29) is 6.04 Å². The van der Waals surface area contributed by atoms with E-state index < -0.39 is 0 Å². The van der Waals surface area contributed by atoms with Gasteiger partial charge in [-0.05, 0) is 37.8 Å². The van der Waals surface area contributed by atoms with Crippen LogP contribution >= 0.6 is 0 Å². The molecule has 1 aromatic rings. The SMILES string of the molecule is CC(N)c1ccnc(OC2CCC2)c1. The predicted molar refractivity (Wildman–Crippen MR) is 55.1 cm³/mol. The Labute approximate surface area is 84.3 Å². The molecule has 0 amide bonds. The molecule has 1 unspecified atom stereocenters. The van der Waals surface area contributed by atoms with Crippen molar-refractivity contribution < 1.29 is 4.74 Å². The standard InChI is InChI=1S/C11H16N2O/c1-8(12)9-5-6-13-11(7-9)14-10-3-2-4-10/h5-8,10H,2-4,12H2,1H3. The molecule has 0 bridgehead atoms. The fourth-order valence-corrected chi connectivity index (χ4v) is 1.43.